The summed E-state index contributed by atoms with van der Waals surface area (Å²) < 4.78 is 6.74. The fourth-order valence-corrected chi connectivity index (χ4v) is 5.89. The number of carbonyl (C=O) groups is 2. The molecule has 5 rings (SSSR count). The maximum absolute atomic E-state index is 12.6. The van der Waals surface area contributed by atoms with Crippen molar-refractivity contribution in [3.63, 3.8) is 0 Å². The van der Waals surface area contributed by atoms with E-state index in [0.29, 0.717) is 11.8 Å². The number of alkyl carbamates (subject to hydrolysis) is 1. The molecule has 0 aliphatic heterocycles. The van der Waals surface area contributed by atoms with Crippen LogP contribution < -0.4 is 5.32 Å². The fourth-order valence-electron chi connectivity index (χ4n) is 5.63. The van der Waals surface area contributed by atoms with E-state index < -0.39 is 17.6 Å². The van der Waals surface area contributed by atoms with Gasteiger partial charge in [0, 0.05) is 10.9 Å². The van der Waals surface area contributed by atoms with Crippen molar-refractivity contribution in [2.75, 3.05) is 0 Å². The summed E-state index contributed by atoms with van der Waals surface area (Å²) in [4.78, 5) is 24.5. The van der Waals surface area contributed by atoms with Gasteiger partial charge in [-0.25, -0.2) is 9.59 Å². The summed E-state index contributed by atoms with van der Waals surface area (Å²) in [6.07, 6.45) is 5.50. The van der Waals surface area contributed by atoms with E-state index in [4.69, 9.17) is 4.74 Å². The van der Waals surface area contributed by atoms with E-state index in [1.54, 1.807) is 0 Å². The van der Waals surface area contributed by atoms with Crippen molar-refractivity contribution in [2.24, 2.45) is 23.7 Å². The number of hydrogen-bond donors (Lipinski definition) is 2. The van der Waals surface area contributed by atoms with E-state index in [0.717, 1.165) is 47.6 Å². The molecule has 5 nitrogen and oxygen atoms in total. The summed E-state index contributed by atoms with van der Waals surface area (Å²) >= 11 is 3.37. The van der Waals surface area contributed by atoms with Gasteiger partial charge in [-0.05, 0) is 80.4 Å². The zero-order valence-corrected chi connectivity index (χ0v) is 17.1. The third kappa shape index (κ3) is 3.86. The lowest BCUT2D eigenvalue weighted by molar-refractivity contribution is -0.144. The Morgan fingerprint density at radius 2 is 1.67 bits per heavy atom. The first-order chi connectivity index (χ1) is 12.8. The molecule has 0 radical (unpaired) electrons. The van der Waals surface area contributed by atoms with Gasteiger partial charge in [-0.2, -0.15) is 0 Å². The Bertz CT molecular complexity index is 706. The molecular formula is C21H26BrNO4. The lowest BCUT2D eigenvalue weighted by Crippen LogP contribution is -2.56. The molecule has 0 spiro atoms. The molecule has 27 heavy (non-hydrogen) atoms. The third-order valence-corrected chi connectivity index (χ3v) is 7.23. The molecule has 0 heterocycles. The number of ether oxygens (including phenoxy) is 1. The largest absolute Gasteiger partial charge is 0.480 e. The zero-order chi connectivity index (χ0) is 19.2. The molecule has 1 aromatic rings. The van der Waals surface area contributed by atoms with Gasteiger partial charge in [0.2, 0.25) is 0 Å². The average Bonchev–Trinajstić information content (AvgIpc) is 2.59. The predicted octanol–water partition coefficient (Wildman–Crippen LogP) is 4.39. The Kier molecular flexibility index (Phi) is 4.95. The van der Waals surface area contributed by atoms with Gasteiger partial charge in [-0.3, -0.25) is 0 Å². The molecule has 4 aliphatic carbocycles. The molecule has 4 saturated carbocycles. The number of carbonyl (C=O) groups excluding carboxylic acids is 1. The average molecular weight is 436 g/mol. The molecule has 1 unspecified atom stereocenters. The molecule has 1 amide bonds. The highest BCUT2D eigenvalue weighted by atomic mass is 79.9. The summed E-state index contributed by atoms with van der Waals surface area (Å²) in [6.45, 7) is 1.54. The Balaban J connectivity index is 1.41. The summed E-state index contributed by atoms with van der Waals surface area (Å²) in [5.74, 6) is 1.45. The van der Waals surface area contributed by atoms with Crippen LogP contribution in [-0.2, 0) is 16.0 Å². The van der Waals surface area contributed by atoms with E-state index in [-0.39, 0.29) is 12.5 Å². The standard InChI is InChI=1S/C21H26BrNO4/c1-21(19(24)25,11-12-2-4-17(22)5-3-12)23-20(26)27-18-15-7-13-6-14(9-15)10-16(18)8-13/h2-5,13-16,18H,6-11H2,1H3,(H,23,26)(H,24,25). The number of hydrogen-bond acceptors (Lipinski definition) is 3. The van der Waals surface area contributed by atoms with Crippen LogP contribution >= 0.6 is 15.9 Å². The quantitative estimate of drug-likeness (QED) is 0.718. The lowest BCUT2D eigenvalue weighted by atomic mass is 9.55. The van der Waals surface area contributed by atoms with Gasteiger partial charge in [0.15, 0.2) is 0 Å². The minimum atomic E-state index is -1.41. The second-order valence-corrected chi connectivity index (χ2v) is 9.78. The molecule has 2 N–H and O–H groups in total. The number of aliphatic carboxylic acids is 1. The van der Waals surface area contributed by atoms with Gasteiger partial charge in [0.1, 0.15) is 11.6 Å². The van der Waals surface area contributed by atoms with Gasteiger partial charge in [0.25, 0.3) is 0 Å². The van der Waals surface area contributed by atoms with Crippen LogP contribution in [-0.4, -0.2) is 28.8 Å². The number of amides is 1. The topological polar surface area (TPSA) is 75.6 Å². The number of carboxylic acids is 1. The van der Waals surface area contributed by atoms with Crippen molar-refractivity contribution in [3.8, 4) is 0 Å². The summed E-state index contributed by atoms with van der Waals surface area (Å²) in [7, 11) is 0. The minimum Gasteiger partial charge on any atom is -0.480 e. The molecule has 0 aromatic heterocycles. The van der Waals surface area contributed by atoms with Crippen molar-refractivity contribution in [1.29, 1.82) is 0 Å². The highest BCUT2D eigenvalue weighted by Crippen LogP contribution is 2.54. The van der Waals surface area contributed by atoms with Crippen LogP contribution in [0.2, 0.25) is 0 Å². The molecule has 1 aromatic carbocycles. The highest BCUT2D eigenvalue weighted by Gasteiger charge is 2.50. The summed E-state index contributed by atoms with van der Waals surface area (Å²) in [5, 5.41) is 12.4. The minimum absolute atomic E-state index is 0.0523. The lowest BCUT2D eigenvalue weighted by Gasteiger charge is -2.53. The first kappa shape index (κ1) is 18.8. The van der Waals surface area contributed by atoms with E-state index in [9.17, 15) is 14.7 Å². The number of rotatable bonds is 5. The smallest absolute Gasteiger partial charge is 0.408 e. The van der Waals surface area contributed by atoms with Crippen LogP contribution in [0.25, 0.3) is 0 Å². The monoisotopic (exact) mass is 435 g/mol. The molecule has 4 aliphatic rings. The maximum Gasteiger partial charge on any atom is 0.408 e. The van der Waals surface area contributed by atoms with E-state index in [2.05, 4.69) is 21.2 Å². The second kappa shape index (κ2) is 7.12. The van der Waals surface area contributed by atoms with Gasteiger partial charge in [0.05, 0.1) is 0 Å². The number of nitrogens with one attached hydrogen (secondary N) is 1. The molecule has 6 heteroatoms. The third-order valence-electron chi connectivity index (χ3n) is 6.70. The van der Waals surface area contributed by atoms with Gasteiger partial charge in [-0.15, -0.1) is 0 Å². The van der Waals surface area contributed by atoms with Crippen LogP contribution in [0.3, 0.4) is 0 Å². The summed E-state index contributed by atoms with van der Waals surface area (Å²) in [6, 6.07) is 7.45. The van der Waals surface area contributed by atoms with Crippen molar-refractivity contribution in [1.82, 2.24) is 5.32 Å². The van der Waals surface area contributed by atoms with E-state index in [1.165, 1.54) is 13.3 Å². The molecular weight excluding hydrogens is 410 g/mol. The number of carboxylic acid groups (broad SMARTS) is 1. The number of benzene rings is 1. The van der Waals surface area contributed by atoms with E-state index in [1.807, 2.05) is 24.3 Å². The first-order valence-electron chi connectivity index (χ1n) is 9.79. The Morgan fingerprint density at radius 3 is 2.19 bits per heavy atom. The molecule has 0 saturated heterocycles. The molecule has 4 bridgehead atoms. The van der Waals surface area contributed by atoms with E-state index >= 15 is 0 Å². The number of halogens is 1. The van der Waals surface area contributed by atoms with Crippen molar-refractivity contribution < 1.29 is 19.4 Å². The van der Waals surface area contributed by atoms with Crippen molar-refractivity contribution >= 4 is 28.0 Å². The normalized spacial score (nSPS) is 33.3. The molecule has 1 atom stereocenters. The maximum atomic E-state index is 12.6. The van der Waals surface area contributed by atoms with Crippen LogP contribution in [0.15, 0.2) is 28.7 Å². The SMILES string of the molecule is CC(Cc1ccc(Br)cc1)(NC(=O)OC1C2CC3CC(C2)CC1C3)C(=O)O. The fraction of sp³-hybridized carbons (Fsp3) is 0.619. The van der Waals surface area contributed by atoms with Crippen molar-refractivity contribution in [2.45, 2.75) is 57.1 Å². The van der Waals surface area contributed by atoms with Gasteiger partial charge >= 0.3 is 12.1 Å². The van der Waals surface area contributed by atoms with Gasteiger partial charge in [-0.1, -0.05) is 28.1 Å². The van der Waals surface area contributed by atoms with Crippen LogP contribution in [0.1, 0.15) is 44.6 Å². The second-order valence-electron chi connectivity index (χ2n) is 8.87. The highest BCUT2D eigenvalue weighted by molar-refractivity contribution is 9.10. The van der Waals surface area contributed by atoms with Crippen LogP contribution in [0.4, 0.5) is 4.79 Å². The van der Waals surface area contributed by atoms with Crippen LogP contribution in [0, 0.1) is 23.7 Å². The Morgan fingerprint density at radius 1 is 1.11 bits per heavy atom. The molecule has 4 fully saturated rings. The first-order valence-corrected chi connectivity index (χ1v) is 10.6. The van der Waals surface area contributed by atoms with Crippen molar-refractivity contribution in [3.05, 3.63) is 34.3 Å². The van der Waals surface area contributed by atoms with Gasteiger partial charge < -0.3 is 15.2 Å². The Labute approximate surface area is 168 Å². The predicted molar refractivity (Wildman–Crippen MR) is 104 cm³/mol. The zero-order valence-electron chi connectivity index (χ0n) is 15.5. The van der Waals surface area contributed by atoms with Crippen LogP contribution in [0.5, 0.6) is 0 Å². The molecule has 146 valence electrons. The Hall–Kier alpha value is -1.56. The summed E-state index contributed by atoms with van der Waals surface area (Å²) in [5.41, 5.74) is -0.561.